The molecule has 1 nitrogen and oxygen atoms in total. The van der Waals surface area contributed by atoms with E-state index >= 15 is 0 Å². The maximum absolute atomic E-state index is 13.1. The van der Waals surface area contributed by atoms with Gasteiger partial charge in [0.25, 0.3) is 0 Å². The fourth-order valence-corrected chi connectivity index (χ4v) is 2.61. The van der Waals surface area contributed by atoms with Gasteiger partial charge < -0.3 is 5.32 Å². The molecular formula is C18H22FN. The van der Waals surface area contributed by atoms with Crippen molar-refractivity contribution >= 4 is 0 Å². The van der Waals surface area contributed by atoms with Crippen molar-refractivity contribution in [2.75, 3.05) is 7.05 Å². The maximum Gasteiger partial charge on any atom is 0.123 e. The van der Waals surface area contributed by atoms with Crippen LogP contribution in [0.4, 0.5) is 4.39 Å². The lowest BCUT2D eigenvalue weighted by atomic mass is 9.91. The average molecular weight is 271 g/mol. The molecule has 2 heteroatoms. The molecule has 2 aromatic rings. The molecular weight excluding hydrogens is 249 g/mol. The van der Waals surface area contributed by atoms with Crippen molar-refractivity contribution in [1.82, 2.24) is 5.32 Å². The summed E-state index contributed by atoms with van der Waals surface area (Å²) in [5.74, 6) is -0.193. The van der Waals surface area contributed by atoms with Crippen molar-refractivity contribution in [3.05, 3.63) is 70.5 Å². The van der Waals surface area contributed by atoms with Gasteiger partial charge in [0, 0.05) is 0 Å². The zero-order chi connectivity index (χ0) is 14.5. The first-order valence-corrected chi connectivity index (χ1v) is 7.24. The molecule has 1 N–H and O–H groups in total. The highest BCUT2D eigenvalue weighted by molar-refractivity contribution is 5.40. The molecule has 0 radical (unpaired) electrons. The molecule has 0 aromatic heterocycles. The molecule has 106 valence electrons. The molecule has 0 heterocycles. The Morgan fingerprint density at radius 3 is 2.25 bits per heavy atom. The molecule has 1 atom stereocenters. The van der Waals surface area contributed by atoms with Gasteiger partial charge in [-0.15, -0.1) is 0 Å². The monoisotopic (exact) mass is 271 g/mol. The summed E-state index contributed by atoms with van der Waals surface area (Å²) in [4.78, 5) is 0. The van der Waals surface area contributed by atoms with Crippen molar-refractivity contribution < 1.29 is 4.39 Å². The molecule has 0 aliphatic carbocycles. The van der Waals surface area contributed by atoms with Gasteiger partial charge >= 0.3 is 0 Å². The van der Waals surface area contributed by atoms with E-state index in [1.807, 2.05) is 19.2 Å². The van der Waals surface area contributed by atoms with Gasteiger partial charge in [-0.1, -0.05) is 44.2 Å². The quantitative estimate of drug-likeness (QED) is 0.856. The molecule has 0 saturated heterocycles. The topological polar surface area (TPSA) is 12.0 Å². The highest BCUT2D eigenvalue weighted by Gasteiger charge is 2.15. The zero-order valence-corrected chi connectivity index (χ0v) is 12.4. The van der Waals surface area contributed by atoms with Crippen LogP contribution in [0.5, 0.6) is 0 Å². The minimum atomic E-state index is -0.193. The van der Waals surface area contributed by atoms with Crippen molar-refractivity contribution in [1.29, 1.82) is 0 Å². The van der Waals surface area contributed by atoms with Crippen LogP contribution in [0.15, 0.2) is 42.5 Å². The molecule has 1 unspecified atom stereocenters. The highest BCUT2D eigenvalue weighted by atomic mass is 19.1. The van der Waals surface area contributed by atoms with Gasteiger partial charge in [0.15, 0.2) is 0 Å². The van der Waals surface area contributed by atoms with E-state index in [1.165, 1.54) is 28.8 Å². The van der Waals surface area contributed by atoms with E-state index in [-0.39, 0.29) is 11.9 Å². The predicted molar refractivity (Wildman–Crippen MR) is 82.5 cm³/mol. The Morgan fingerprint density at radius 2 is 1.70 bits per heavy atom. The summed E-state index contributed by atoms with van der Waals surface area (Å²) < 4.78 is 13.1. The number of hydrogen-bond donors (Lipinski definition) is 1. The van der Waals surface area contributed by atoms with Crippen molar-refractivity contribution in [2.45, 2.75) is 32.7 Å². The standard InChI is InChI=1S/C18H22FN/c1-4-13-6-7-14(5-2)17(12-13)18(20-3)15-8-10-16(19)11-9-15/h6-12,18,20H,4-5H2,1-3H3. The van der Waals surface area contributed by atoms with E-state index < -0.39 is 0 Å². The van der Waals surface area contributed by atoms with Crippen LogP contribution in [0.3, 0.4) is 0 Å². The molecule has 0 amide bonds. The minimum absolute atomic E-state index is 0.108. The second-order valence-corrected chi connectivity index (χ2v) is 5.01. The van der Waals surface area contributed by atoms with Crippen molar-refractivity contribution in [3.8, 4) is 0 Å². The van der Waals surface area contributed by atoms with Gasteiger partial charge in [0.2, 0.25) is 0 Å². The molecule has 0 aliphatic rings. The van der Waals surface area contributed by atoms with Crippen molar-refractivity contribution in [3.63, 3.8) is 0 Å². The van der Waals surface area contributed by atoms with E-state index in [0.29, 0.717) is 0 Å². The predicted octanol–water partition coefficient (Wildman–Crippen LogP) is 4.26. The summed E-state index contributed by atoms with van der Waals surface area (Å²) in [5, 5.41) is 3.36. The Labute approximate surface area is 120 Å². The zero-order valence-electron chi connectivity index (χ0n) is 12.4. The van der Waals surface area contributed by atoms with Crippen LogP contribution in [0, 0.1) is 5.82 Å². The average Bonchev–Trinajstić information content (AvgIpc) is 2.49. The third kappa shape index (κ3) is 3.07. The second kappa shape index (κ2) is 6.67. The fraction of sp³-hybridized carbons (Fsp3) is 0.333. The van der Waals surface area contributed by atoms with Crippen LogP contribution in [-0.2, 0) is 12.8 Å². The Kier molecular flexibility index (Phi) is 4.91. The highest BCUT2D eigenvalue weighted by Crippen LogP contribution is 2.27. The third-order valence-electron chi connectivity index (χ3n) is 3.80. The summed E-state index contributed by atoms with van der Waals surface area (Å²) in [6, 6.07) is 13.5. The van der Waals surface area contributed by atoms with Crippen LogP contribution in [0.25, 0.3) is 0 Å². The van der Waals surface area contributed by atoms with E-state index in [0.717, 1.165) is 18.4 Å². The van der Waals surface area contributed by atoms with Crippen LogP contribution in [0.2, 0.25) is 0 Å². The number of benzene rings is 2. The number of halogens is 1. The molecule has 0 saturated carbocycles. The number of rotatable bonds is 5. The Balaban J connectivity index is 2.47. The number of hydrogen-bond acceptors (Lipinski definition) is 1. The summed E-state index contributed by atoms with van der Waals surface area (Å²) in [5.41, 5.74) is 5.06. The SMILES string of the molecule is CCc1ccc(CC)c(C(NC)c2ccc(F)cc2)c1. The molecule has 0 fully saturated rings. The lowest BCUT2D eigenvalue weighted by molar-refractivity contribution is 0.623. The van der Waals surface area contributed by atoms with Gasteiger partial charge in [-0.05, 0) is 54.3 Å². The molecule has 20 heavy (non-hydrogen) atoms. The molecule has 2 aromatic carbocycles. The van der Waals surface area contributed by atoms with Crippen LogP contribution >= 0.6 is 0 Å². The Hall–Kier alpha value is -1.67. The Morgan fingerprint density at radius 1 is 1.00 bits per heavy atom. The van der Waals surface area contributed by atoms with E-state index in [2.05, 4.69) is 37.4 Å². The van der Waals surface area contributed by atoms with Crippen LogP contribution < -0.4 is 5.32 Å². The lowest BCUT2D eigenvalue weighted by Crippen LogP contribution is -2.19. The van der Waals surface area contributed by atoms with E-state index in [1.54, 1.807) is 0 Å². The lowest BCUT2D eigenvalue weighted by Gasteiger charge is -2.21. The molecule has 0 spiro atoms. The second-order valence-electron chi connectivity index (χ2n) is 5.01. The first-order chi connectivity index (χ1) is 9.69. The third-order valence-corrected chi connectivity index (χ3v) is 3.80. The van der Waals surface area contributed by atoms with Gasteiger partial charge in [-0.25, -0.2) is 4.39 Å². The van der Waals surface area contributed by atoms with Gasteiger partial charge in [0.1, 0.15) is 5.82 Å². The van der Waals surface area contributed by atoms with E-state index in [4.69, 9.17) is 0 Å². The molecule has 0 aliphatic heterocycles. The van der Waals surface area contributed by atoms with Crippen LogP contribution in [-0.4, -0.2) is 7.05 Å². The fourth-order valence-electron chi connectivity index (χ4n) is 2.61. The largest absolute Gasteiger partial charge is 0.309 e. The maximum atomic E-state index is 13.1. The number of nitrogens with one attached hydrogen (secondary N) is 1. The minimum Gasteiger partial charge on any atom is -0.309 e. The first-order valence-electron chi connectivity index (χ1n) is 7.24. The van der Waals surface area contributed by atoms with Gasteiger partial charge in [-0.3, -0.25) is 0 Å². The normalized spacial score (nSPS) is 12.4. The van der Waals surface area contributed by atoms with E-state index in [9.17, 15) is 4.39 Å². The number of aryl methyl sites for hydroxylation is 2. The summed E-state index contributed by atoms with van der Waals surface area (Å²) in [6.07, 6.45) is 2.02. The molecule has 0 bridgehead atoms. The first kappa shape index (κ1) is 14.7. The van der Waals surface area contributed by atoms with Crippen molar-refractivity contribution in [2.24, 2.45) is 0 Å². The van der Waals surface area contributed by atoms with Gasteiger partial charge in [0.05, 0.1) is 6.04 Å². The Bertz CT molecular complexity index is 560. The summed E-state index contributed by atoms with van der Waals surface area (Å²) in [7, 11) is 1.95. The smallest absolute Gasteiger partial charge is 0.123 e. The van der Waals surface area contributed by atoms with Crippen LogP contribution in [0.1, 0.15) is 42.1 Å². The summed E-state index contributed by atoms with van der Waals surface area (Å²) >= 11 is 0. The molecule has 2 rings (SSSR count). The van der Waals surface area contributed by atoms with Gasteiger partial charge in [-0.2, -0.15) is 0 Å². The summed E-state index contributed by atoms with van der Waals surface area (Å²) in [6.45, 7) is 4.33.